The maximum absolute atomic E-state index is 13.1. The second-order valence-electron chi connectivity index (χ2n) is 5.73. The molecular weight excluding hydrogens is 360 g/mol. The van der Waals surface area contributed by atoms with E-state index in [0.717, 1.165) is 0 Å². The molecule has 2 aromatic rings. The summed E-state index contributed by atoms with van der Waals surface area (Å²) >= 11 is 6.82. The molecule has 0 atom stereocenters. The highest BCUT2D eigenvalue weighted by atomic mass is 32.2. The van der Waals surface area contributed by atoms with Gasteiger partial charge in [0.1, 0.15) is 4.99 Å². The Morgan fingerprint density at radius 1 is 1.00 bits per heavy atom. The van der Waals surface area contributed by atoms with Crippen LogP contribution in [0.15, 0.2) is 70.6 Å². The predicted octanol–water partition coefficient (Wildman–Crippen LogP) is 4.22. The van der Waals surface area contributed by atoms with Crippen LogP contribution in [0.2, 0.25) is 0 Å². The van der Waals surface area contributed by atoms with Crippen molar-refractivity contribution in [1.29, 1.82) is 0 Å². The van der Waals surface area contributed by atoms with Crippen molar-refractivity contribution >= 4 is 49.8 Å². The molecule has 0 aromatic heterocycles. The van der Waals surface area contributed by atoms with Crippen LogP contribution in [-0.2, 0) is 10.0 Å². The van der Waals surface area contributed by atoms with Crippen molar-refractivity contribution in [2.45, 2.75) is 23.5 Å². The molecule has 0 unspecified atom stereocenters. The molecule has 7 heteroatoms. The second kappa shape index (κ2) is 6.31. The number of sulfonamides is 1. The molecule has 0 saturated carbocycles. The van der Waals surface area contributed by atoms with Gasteiger partial charge in [-0.1, -0.05) is 60.4 Å². The van der Waals surface area contributed by atoms with Crippen LogP contribution in [0.25, 0.3) is 0 Å². The van der Waals surface area contributed by atoms with E-state index >= 15 is 0 Å². The summed E-state index contributed by atoms with van der Waals surface area (Å²) in [5.74, 6) is 0. The molecule has 1 heterocycles. The van der Waals surface area contributed by atoms with Crippen LogP contribution >= 0.6 is 24.0 Å². The first kappa shape index (κ1) is 17.1. The first-order chi connectivity index (χ1) is 11.3. The summed E-state index contributed by atoms with van der Waals surface area (Å²) in [7, 11) is -3.79. The molecule has 0 aliphatic carbocycles. The number of aliphatic imine (C=N–C) groups is 1. The number of hydrogen-bond donors (Lipinski definition) is 0. The van der Waals surface area contributed by atoms with Crippen molar-refractivity contribution in [2.75, 3.05) is 0 Å². The molecule has 0 N–H and O–H groups in total. The van der Waals surface area contributed by atoms with Crippen molar-refractivity contribution in [3.05, 3.63) is 60.7 Å². The van der Waals surface area contributed by atoms with Gasteiger partial charge in [0.25, 0.3) is 10.0 Å². The Bertz CT molecular complexity index is 892. The third-order valence-electron chi connectivity index (χ3n) is 3.48. The van der Waals surface area contributed by atoms with Gasteiger partial charge in [-0.25, -0.2) is 17.7 Å². The minimum Gasteiger partial charge on any atom is -0.224 e. The maximum Gasteiger partial charge on any atom is 0.270 e. The van der Waals surface area contributed by atoms with E-state index in [0.29, 0.717) is 15.8 Å². The van der Waals surface area contributed by atoms with Gasteiger partial charge >= 0.3 is 0 Å². The van der Waals surface area contributed by atoms with Crippen LogP contribution in [0.1, 0.15) is 13.8 Å². The quantitative estimate of drug-likeness (QED) is 0.753. The van der Waals surface area contributed by atoms with Crippen LogP contribution in [0, 0.1) is 0 Å². The van der Waals surface area contributed by atoms with Crippen LogP contribution in [0.4, 0.5) is 5.69 Å². The molecule has 0 amide bonds. The lowest BCUT2D eigenvalue weighted by Gasteiger charge is -2.20. The summed E-state index contributed by atoms with van der Waals surface area (Å²) < 4.78 is 26.8. The number of amidine groups is 1. The van der Waals surface area contributed by atoms with Crippen LogP contribution in [-0.4, -0.2) is 27.6 Å². The maximum atomic E-state index is 13.1. The second-order valence-corrected chi connectivity index (χ2v) is 9.49. The number of thiocarbonyl (C=S) groups is 1. The Kier molecular flexibility index (Phi) is 4.50. The van der Waals surface area contributed by atoms with E-state index in [-0.39, 0.29) is 4.90 Å². The molecule has 1 saturated heterocycles. The number of nitrogens with zero attached hydrogens (tertiary/aromatic N) is 2. The molecule has 4 nitrogen and oxygen atoms in total. The Balaban J connectivity index is 2.12. The highest BCUT2D eigenvalue weighted by molar-refractivity contribution is 8.18. The zero-order valence-electron chi connectivity index (χ0n) is 13.2. The van der Waals surface area contributed by atoms with E-state index in [1.165, 1.54) is 16.1 Å². The van der Waals surface area contributed by atoms with Crippen molar-refractivity contribution in [1.82, 2.24) is 4.31 Å². The lowest BCUT2D eigenvalue weighted by Crippen LogP contribution is -2.39. The summed E-state index contributed by atoms with van der Waals surface area (Å²) in [6.45, 7) is 3.81. The van der Waals surface area contributed by atoms with Gasteiger partial charge in [-0.2, -0.15) is 0 Å². The predicted molar refractivity (Wildman–Crippen MR) is 103 cm³/mol. The summed E-state index contributed by atoms with van der Waals surface area (Å²) in [6.07, 6.45) is 0. The van der Waals surface area contributed by atoms with Crippen molar-refractivity contribution in [3.63, 3.8) is 0 Å². The third-order valence-corrected chi connectivity index (χ3v) is 7.40. The Morgan fingerprint density at radius 2 is 1.54 bits per heavy atom. The Labute approximate surface area is 151 Å². The number of thioether (sulfide) groups is 1. The van der Waals surface area contributed by atoms with Crippen LogP contribution < -0.4 is 0 Å². The summed E-state index contributed by atoms with van der Waals surface area (Å²) in [5, 5.41) is 0.375. The van der Waals surface area contributed by atoms with Gasteiger partial charge in [-0.3, -0.25) is 0 Å². The number of hydrogen-bond acceptors (Lipinski definition) is 5. The highest BCUT2D eigenvalue weighted by Gasteiger charge is 2.47. The van der Waals surface area contributed by atoms with Gasteiger partial charge in [-0.05, 0) is 38.1 Å². The van der Waals surface area contributed by atoms with E-state index in [4.69, 9.17) is 12.2 Å². The monoisotopic (exact) mass is 376 g/mol. The zero-order valence-corrected chi connectivity index (χ0v) is 15.7. The molecule has 1 aliphatic heterocycles. The molecule has 0 bridgehead atoms. The number of benzene rings is 2. The van der Waals surface area contributed by atoms with Gasteiger partial charge < -0.3 is 0 Å². The molecule has 1 fully saturated rings. The standard InChI is InChI=1S/C17H16N2O2S3/c1-17(2)15(22)19(24(20,21)14-11-7-4-8-12-14)16(23-17)18-13-9-5-3-6-10-13/h3-12H,1-2H3. The molecule has 3 rings (SSSR count). The van der Waals surface area contributed by atoms with Crippen LogP contribution in [0.5, 0.6) is 0 Å². The fourth-order valence-electron chi connectivity index (χ4n) is 2.24. The Morgan fingerprint density at radius 3 is 2.12 bits per heavy atom. The normalized spacial score (nSPS) is 19.0. The summed E-state index contributed by atoms with van der Waals surface area (Å²) in [5.41, 5.74) is 0.689. The van der Waals surface area contributed by atoms with E-state index in [9.17, 15) is 8.42 Å². The van der Waals surface area contributed by atoms with Gasteiger partial charge in [0.2, 0.25) is 0 Å². The lowest BCUT2D eigenvalue weighted by molar-refractivity contribution is 0.571. The van der Waals surface area contributed by atoms with Crippen molar-refractivity contribution < 1.29 is 8.42 Å². The van der Waals surface area contributed by atoms with Crippen molar-refractivity contribution in [2.24, 2.45) is 4.99 Å². The van der Waals surface area contributed by atoms with Gasteiger partial charge in [0, 0.05) is 0 Å². The van der Waals surface area contributed by atoms with Gasteiger partial charge in [0.15, 0.2) is 5.17 Å². The average molecular weight is 377 g/mol. The molecule has 0 radical (unpaired) electrons. The van der Waals surface area contributed by atoms with Gasteiger partial charge in [-0.15, -0.1) is 0 Å². The number of rotatable bonds is 3. The summed E-state index contributed by atoms with van der Waals surface area (Å²) in [4.78, 5) is 5.06. The average Bonchev–Trinajstić information content (AvgIpc) is 2.78. The highest BCUT2D eigenvalue weighted by Crippen LogP contribution is 2.41. The zero-order chi connectivity index (χ0) is 17.4. The molecule has 0 spiro atoms. The molecule has 24 heavy (non-hydrogen) atoms. The minimum atomic E-state index is -3.79. The minimum absolute atomic E-state index is 0.200. The molecule has 1 aliphatic rings. The fraction of sp³-hybridized carbons (Fsp3) is 0.176. The first-order valence-corrected chi connectivity index (χ1v) is 9.96. The molecular formula is C17H16N2O2S3. The van der Waals surface area contributed by atoms with Crippen LogP contribution in [0.3, 0.4) is 0 Å². The van der Waals surface area contributed by atoms with E-state index in [1.54, 1.807) is 30.3 Å². The first-order valence-electron chi connectivity index (χ1n) is 7.30. The molecule has 2 aromatic carbocycles. The van der Waals surface area contributed by atoms with E-state index in [1.807, 2.05) is 44.2 Å². The van der Waals surface area contributed by atoms with E-state index in [2.05, 4.69) is 4.99 Å². The van der Waals surface area contributed by atoms with E-state index < -0.39 is 14.8 Å². The molecule has 124 valence electrons. The Hall–Kier alpha value is -1.70. The summed E-state index contributed by atoms with van der Waals surface area (Å²) in [6, 6.07) is 17.6. The SMILES string of the molecule is CC1(C)SC(=Nc2ccccc2)N(S(=O)(=O)c2ccccc2)C1=S. The largest absolute Gasteiger partial charge is 0.270 e. The lowest BCUT2D eigenvalue weighted by atomic mass is 10.2. The fourth-order valence-corrected chi connectivity index (χ4v) is 5.63. The topological polar surface area (TPSA) is 49.7 Å². The smallest absolute Gasteiger partial charge is 0.224 e. The van der Waals surface area contributed by atoms with Gasteiger partial charge in [0.05, 0.1) is 15.3 Å². The third kappa shape index (κ3) is 3.11. The van der Waals surface area contributed by atoms with Crippen molar-refractivity contribution in [3.8, 4) is 0 Å². The number of para-hydroxylation sites is 1.